The number of H-pyrrole nitrogens is 1. The Hall–Kier alpha value is -4.21. The third-order valence-electron chi connectivity index (χ3n) is 6.61. The van der Waals surface area contributed by atoms with Crippen molar-refractivity contribution in [2.75, 3.05) is 25.0 Å². The van der Waals surface area contributed by atoms with Gasteiger partial charge in [-0.1, -0.05) is 48.5 Å². The van der Waals surface area contributed by atoms with Crippen molar-refractivity contribution in [2.24, 2.45) is 5.92 Å². The number of piperidine rings is 1. The van der Waals surface area contributed by atoms with Crippen molar-refractivity contribution in [1.82, 2.24) is 20.1 Å². The van der Waals surface area contributed by atoms with E-state index in [1.807, 2.05) is 36.4 Å². The Kier molecular flexibility index (Phi) is 6.17. The van der Waals surface area contributed by atoms with Crippen LogP contribution in [0.25, 0.3) is 11.1 Å². The van der Waals surface area contributed by atoms with Gasteiger partial charge in [0.2, 0.25) is 5.82 Å². The van der Waals surface area contributed by atoms with Crippen LogP contribution in [0.15, 0.2) is 48.5 Å². The number of aromatic nitrogens is 3. The first kappa shape index (κ1) is 22.6. The zero-order valence-electron chi connectivity index (χ0n) is 18.9. The third kappa shape index (κ3) is 4.72. The highest BCUT2D eigenvalue weighted by Crippen LogP contribution is 2.44. The van der Waals surface area contributed by atoms with E-state index in [1.165, 1.54) is 0 Å². The Balaban J connectivity index is 1.16. The molecule has 10 nitrogen and oxygen atoms in total. The second kappa shape index (κ2) is 9.57. The fraction of sp³-hybridized carbons (Fsp3) is 0.320. The summed E-state index contributed by atoms with van der Waals surface area (Å²) in [6, 6.07) is 16.1. The molecule has 2 aliphatic rings. The molecule has 180 valence electrons. The Bertz CT molecular complexity index is 1220. The Labute approximate surface area is 201 Å². The Morgan fingerprint density at radius 1 is 1.03 bits per heavy atom. The van der Waals surface area contributed by atoms with Gasteiger partial charge in [-0.25, -0.2) is 4.79 Å². The summed E-state index contributed by atoms with van der Waals surface area (Å²) in [4.78, 5) is 41.7. The molecule has 0 saturated carbocycles. The molecule has 5 rings (SSSR count). The molecule has 1 fully saturated rings. The third-order valence-corrected chi connectivity index (χ3v) is 6.61. The minimum atomic E-state index is -0.825. The summed E-state index contributed by atoms with van der Waals surface area (Å²) in [5.41, 5.74) is 4.50. The van der Waals surface area contributed by atoms with Crippen LogP contribution in [0.2, 0.25) is 0 Å². The van der Waals surface area contributed by atoms with Crippen molar-refractivity contribution in [2.45, 2.75) is 25.2 Å². The van der Waals surface area contributed by atoms with E-state index in [2.05, 4.69) is 32.6 Å². The van der Waals surface area contributed by atoms with Crippen LogP contribution >= 0.6 is 0 Å². The number of rotatable bonds is 6. The number of anilines is 1. The van der Waals surface area contributed by atoms with Crippen LogP contribution in [0.3, 0.4) is 0 Å². The summed E-state index contributed by atoms with van der Waals surface area (Å²) < 4.78 is 5.49. The molecule has 2 amide bonds. The van der Waals surface area contributed by atoms with Gasteiger partial charge >= 0.3 is 12.1 Å². The fourth-order valence-corrected chi connectivity index (χ4v) is 4.88. The number of aromatic amines is 1. The summed E-state index contributed by atoms with van der Waals surface area (Å²) in [5.74, 6) is -1.21. The maximum Gasteiger partial charge on any atom is 0.414 e. The van der Waals surface area contributed by atoms with Gasteiger partial charge in [-0.05, 0) is 41.0 Å². The van der Waals surface area contributed by atoms with Gasteiger partial charge in [0, 0.05) is 25.4 Å². The van der Waals surface area contributed by atoms with Gasteiger partial charge in [0.25, 0.3) is 11.9 Å². The van der Waals surface area contributed by atoms with Crippen LogP contribution in [0.5, 0.6) is 0 Å². The van der Waals surface area contributed by atoms with E-state index in [0.29, 0.717) is 25.9 Å². The van der Waals surface area contributed by atoms with Crippen LogP contribution < -0.4 is 5.32 Å². The van der Waals surface area contributed by atoms with Gasteiger partial charge in [0.15, 0.2) is 0 Å². The molecule has 1 aliphatic heterocycles. The minimum absolute atomic E-state index is 0.00984. The van der Waals surface area contributed by atoms with E-state index >= 15 is 0 Å². The number of nitrogens with one attached hydrogen (secondary N) is 2. The van der Waals surface area contributed by atoms with Crippen molar-refractivity contribution in [3.8, 4) is 11.1 Å². The standard InChI is InChI=1S/C25H25N5O5/c31-21(32)13-15-9-11-30(12-10-15)23(33)22-26-24(29-28-22)27-25(34)35-14-20-18-7-3-1-5-16(18)17-6-2-4-8-19(17)20/h1-8,15,20H,9-14H2,(H,31,32)(H2,26,27,28,29,34). The van der Waals surface area contributed by atoms with Crippen molar-refractivity contribution >= 4 is 23.9 Å². The average molecular weight is 476 g/mol. The maximum absolute atomic E-state index is 12.7. The lowest BCUT2D eigenvalue weighted by Gasteiger charge is -2.30. The SMILES string of the molecule is O=C(O)CC1CCN(C(=O)c2nc(NC(=O)OCC3c4ccccc4-c4ccccc43)n[nH]2)CC1. The first-order valence-corrected chi connectivity index (χ1v) is 11.5. The Morgan fingerprint density at radius 3 is 2.29 bits per heavy atom. The van der Waals surface area contributed by atoms with Gasteiger partial charge in [0.1, 0.15) is 6.61 Å². The Morgan fingerprint density at radius 2 is 1.66 bits per heavy atom. The van der Waals surface area contributed by atoms with E-state index in [-0.39, 0.29) is 42.5 Å². The van der Waals surface area contributed by atoms with Crippen molar-refractivity contribution in [1.29, 1.82) is 0 Å². The van der Waals surface area contributed by atoms with Crippen LogP contribution in [0.1, 0.15) is 46.9 Å². The monoisotopic (exact) mass is 475 g/mol. The van der Waals surface area contributed by atoms with E-state index in [1.54, 1.807) is 4.90 Å². The number of nitrogens with zero attached hydrogens (tertiary/aromatic N) is 3. The summed E-state index contributed by atoms with van der Waals surface area (Å²) in [6.07, 6.45) is 0.645. The predicted molar refractivity (Wildman–Crippen MR) is 126 cm³/mol. The molecule has 2 aromatic carbocycles. The second-order valence-electron chi connectivity index (χ2n) is 8.79. The number of amides is 2. The summed E-state index contributed by atoms with van der Waals surface area (Å²) in [5, 5.41) is 17.9. The minimum Gasteiger partial charge on any atom is -0.481 e. The molecule has 1 aliphatic carbocycles. The number of carbonyl (C=O) groups excluding carboxylic acids is 2. The van der Waals surface area contributed by atoms with E-state index in [4.69, 9.17) is 9.84 Å². The van der Waals surface area contributed by atoms with Crippen molar-refractivity contribution in [3.63, 3.8) is 0 Å². The molecule has 35 heavy (non-hydrogen) atoms. The highest BCUT2D eigenvalue weighted by molar-refractivity contribution is 5.91. The number of fused-ring (bicyclic) bond motifs is 3. The van der Waals surface area contributed by atoms with Crippen LogP contribution in [0, 0.1) is 5.92 Å². The van der Waals surface area contributed by atoms with E-state index < -0.39 is 12.1 Å². The molecule has 3 N–H and O–H groups in total. The number of aliphatic carboxylic acids is 1. The van der Waals surface area contributed by atoms with E-state index in [9.17, 15) is 14.4 Å². The molecular weight excluding hydrogens is 450 g/mol. The van der Waals surface area contributed by atoms with E-state index in [0.717, 1.165) is 22.3 Å². The maximum atomic E-state index is 12.7. The number of hydrogen-bond donors (Lipinski definition) is 3. The quantitative estimate of drug-likeness (QED) is 0.496. The largest absolute Gasteiger partial charge is 0.481 e. The zero-order valence-corrected chi connectivity index (χ0v) is 18.9. The summed E-state index contributed by atoms with van der Waals surface area (Å²) in [7, 11) is 0. The molecule has 0 unspecified atom stereocenters. The average Bonchev–Trinajstić information content (AvgIpc) is 3.45. The summed E-state index contributed by atoms with van der Waals surface area (Å²) >= 11 is 0. The molecule has 0 bridgehead atoms. The molecule has 0 radical (unpaired) electrons. The number of carbonyl (C=O) groups is 3. The van der Waals surface area contributed by atoms with Gasteiger partial charge in [0.05, 0.1) is 0 Å². The molecule has 1 saturated heterocycles. The lowest BCUT2D eigenvalue weighted by atomic mass is 9.93. The summed E-state index contributed by atoms with van der Waals surface area (Å²) in [6.45, 7) is 1.06. The fourth-order valence-electron chi connectivity index (χ4n) is 4.88. The topological polar surface area (TPSA) is 138 Å². The number of benzene rings is 2. The highest BCUT2D eigenvalue weighted by atomic mass is 16.5. The smallest absolute Gasteiger partial charge is 0.414 e. The van der Waals surface area contributed by atoms with Crippen LogP contribution in [-0.2, 0) is 9.53 Å². The van der Waals surface area contributed by atoms with Crippen molar-refractivity contribution in [3.05, 3.63) is 65.5 Å². The first-order valence-electron chi connectivity index (χ1n) is 11.5. The van der Waals surface area contributed by atoms with Gasteiger partial charge in [-0.15, -0.1) is 5.10 Å². The van der Waals surface area contributed by atoms with Crippen molar-refractivity contribution < 1.29 is 24.2 Å². The molecule has 0 atom stereocenters. The van der Waals surface area contributed by atoms with Gasteiger partial charge in [-0.2, -0.15) is 4.98 Å². The number of carboxylic acid groups (broad SMARTS) is 1. The highest BCUT2D eigenvalue weighted by Gasteiger charge is 2.30. The molecule has 10 heteroatoms. The first-order chi connectivity index (χ1) is 17.0. The number of likely N-dealkylation sites (tertiary alicyclic amines) is 1. The van der Waals surface area contributed by atoms with Gasteiger partial charge in [-0.3, -0.25) is 20.0 Å². The number of ether oxygens (including phenoxy) is 1. The normalized spacial score (nSPS) is 15.4. The molecular formula is C25H25N5O5. The molecule has 0 spiro atoms. The van der Waals surface area contributed by atoms with Gasteiger partial charge < -0.3 is 14.7 Å². The molecule has 1 aromatic heterocycles. The van der Waals surface area contributed by atoms with Crippen LogP contribution in [-0.4, -0.2) is 62.9 Å². The lowest BCUT2D eigenvalue weighted by molar-refractivity contribution is -0.138. The zero-order chi connectivity index (χ0) is 24.4. The van der Waals surface area contributed by atoms with Crippen LogP contribution in [0.4, 0.5) is 10.7 Å². The molecule has 2 heterocycles. The predicted octanol–water partition coefficient (Wildman–Crippen LogP) is 3.49. The lowest BCUT2D eigenvalue weighted by Crippen LogP contribution is -2.39. The molecule has 3 aromatic rings. The number of carboxylic acids is 1. The number of hydrogen-bond acceptors (Lipinski definition) is 6. The second-order valence-corrected chi connectivity index (χ2v) is 8.79.